The minimum absolute atomic E-state index is 0.0711. The molecule has 1 amide bonds. The molecule has 0 aliphatic carbocycles. The van der Waals surface area contributed by atoms with Crippen molar-refractivity contribution in [3.05, 3.63) is 45.7 Å². The zero-order chi connectivity index (χ0) is 17.3. The number of likely N-dealkylation sites (tertiary alicyclic amines) is 1. The number of carbonyl (C=O) groups excluding carboxylic acids is 1. The summed E-state index contributed by atoms with van der Waals surface area (Å²) in [6, 6.07) is 5.36. The zero-order valence-electron chi connectivity index (χ0n) is 13.2. The van der Waals surface area contributed by atoms with Gasteiger partial charge in [0.2, 0.25) is 5.43 Å². The minimum atomic E-state index is -2.80. The molecule has 1 aliphatic rings. The van der Waals surface area contributed by atoms with E-state index in [1.165, 1.54) is 11.1 Å². The molecular weight excluding hydrogens is 318 g/mol. The first kappa shape index (κ1) is 16.6. The summed E-state index contributed by atoms with van der Waals surface area (Å²) >= 11 is 0. The summed E-state index contributed by atoms with van der Waals surface area (Å²) in [7, 11) is 0. The Balaban J connectivity index is 1.78. The summed E-state index contributed by atoms with van der Waals surface area (Å²) in [6.07, 6.45) is 2.01. The molecule has 1 aromatic heterocycles. The number of nitrogens with zero attached hydrogens (tertiary/aromatic N) is 1. The first-order valence-electron chi connectivity index (χ1n) is 7.77. The van der Waals surface area contributed by atoms with Gasteiger partial charge in [-0.05, 0) is 31.0 Å². The van der Waals surface area contributed by atoms with Gasteiger partial charge in [-0.3, -0.25) is 9.59 Å². The predicted molar refractivity (Wildman–Crippen MR) is 85.3 cm³/mol. The van der Waals surface area contributed by atoms with E-state index >= 15 is 0 Å². The molecule has 0 bridgehead atoms. The summed E-state index contributed by atoms with van der Waals surface area (Å²) in [5.74, 6) is -0.511. The number of aromatic amines is 1. The molecule has 7 heteroatoms. The Morgan fingerprint density at radius 3 is 3.00 bits per heavy atom. The van der Waals surface area contributed by atoms with Crippen molar-refractivity contribution in [1.82, 2.24) is 9.88 Å². The molecule has 128 valence electrons. The average molecular weight is 336 g/mol. The second-order valence-corrected chi connectivity index (χ2v) is 6.08. The molecule has 1 unspecified atom stereocenters. The third-order valence-corrected chi connectivity index (χ3v) is 4.30. The van der Waals surface area contributed by atoms with Crippen LogP contribution in [-0.4, -0.2) is 42.1 Å². The number of carbonyl (C=O) groups is 1. The summed E-state index contributed by atoms with van der Waals surface area (Å²) in [4.78, 5) is 29.6. The number of rotatable bonds is 4. The number of aromatic nitrogens is 1. The normalized spacial score (nSPS) is 17.8. The van der Waals surface area contributed by atoms with Gasteiger partial charge >= 0.3 is 6.61 Å². The van der Waals surface area contributed by atoms with Crippen molar-refractivity contribution < 1.29 is 18.3 Å². The first-order chi connectivity index (χ1) is 11.5. The van der Waals surface area contributed by atoms with Crippen LogP contribution in [0.5, 0.6) is 0 Å². The van der Waals surface area contributed by atoms with Crippen LogP contribution >= 0.6 is 0 Å². The van der Waals surface area contributed by atoms with E-state index in [-0.39, 0.29) is 29.4 Å². The van der Waals surface area contributed by atoms with Gasteiger partial charge in [0.1, 0.15) is 5.56 Å². The lowest BCUT2D eigenvalue weighted by molar-refractivity contribution is -0.137. The molecule has 2 aromatic rings. The molecule has 24 heavy (non-hydrogen) atoms. The molecule has 1 atom stereocenters. The molecule has 0 radical (unpaired) electrons. The third-order valence-electron chi connectivity index (χ3n) is 4.30. The highest BCUT2D eigenvalue weighted by molar-refractivity contribution is 5.97. The molecule has 2 heterocycles. The van der Waals surface area contributed by atoms with Gasteiger partial charge in [-0.25, -0.2) is 0 Å². The fraction of sp³-hybridized carbons (Fsp3) is 0.412. The average Bonchev–Trinajstić information content (AvgIpc) is 3.01. The standard InChI is InChI=1S/C17H18F2N2O3/c1-10-2-3-12-14(6-10)20-7-13(15(12)22)16(23)21-5-4-11(8-21)9-24-17(18)19/h2-3,6-7,11,17H,4-5,8-9H2,1H3,(H,20,22). The summed E-state index contributed by atoms with van der Waals surface area (Å²) in [5, 5.41) is 0.461. The van der Waals surface area contributed by atoms with Crippen molar-refractivity contribution in [1.29, 1.82) is 0 Å². The topological polar surface area (TPSA) is 62.4 Å². The molecule has 5 nitrogen and oxygen atoms in total. The van der Waals surface area contributed by atoms with Crippen LogP contribution in [0.1, 0.15) is 22.3 Å². The Hall–Kier alpha value is -2.28. The lowest BCUT2D eigenvalue weighted by atomic mass is 10.1. The van der Waals surface area contributed by atoms with E-state index in [0.29, 0.717) is 30.4 Å². The number of nitrogens with one attached hydrogen (secondary N) is 1. The number of ether oxygens (including phenoxy) is 1. The Kier molecular flexibility index (Phi) is 4.62. The summed E-state index contributed by atoms with van der Waals surface area (Å²) in [5.41, 5.74) is 1.45. The quantitative estimate of drug-likeness (QED) is 0.933. The lowest BCUT2D eigenvalue weighted by Gasteiger charge is -2.16. The molecule has 1 aliphatic heterocycles. The number of hydrogen-bond acceptors (Lipinski definition) is 3. The highest BCUT2D eigenvalue weighted by Gasteiger charge is 2.29. The van der Waals surface area contributed by atoms with E-state index in [1.807, 2.05) is 19.1 Å². The van der Waals surface area contributed by atoms with E-state index in [4.69, 9.17) is 0 Å². The van der Waals surface area contributed by atoms with Crippen LogP contribution in [-0.2, 0) is 4.74 Å². The number of hydrogen-bond donors (Lipinski definition) is 1. The van der Waals surface area contributed by atoms with Gasteiger partial charge in [-0.15, -0.1) is 0 Å². The summed E-state index contributed by atoms with van der Waals surface area (Å²) < 4.78 is 28.5. The van der Waals surface area contributed by atoms with E-state index in [2.05, 4.69) is 9.72 Å². The van der Waals surface area contributed by atoms with E-state index in [1.54, 1.807) is 6.07 Å². The summed E-state index contributed by atoms with van der Waals surface area (Å²) in [6.45, 7) is -0.225. The fourth-order valence-electron chi connectivity index (χ4n) is 3.03. The predicted octanol–water partition coefficient (Wildman–Crippen LogP) is 2.54. The number of aryl methyl sites for hydroxylation is 1. The highest BCUT2D eigenvalue weighted by Crippen LogP contribution is 2.20. The largest absolute Gasteiger partial charge is 0.360 e. The van der Waals surface area contributed by atoms with Crippen molar-refractivity contribution in [2.45, 2.75) is 20.0 Å². The van der Waals surface area contributed by atoms with Crippen LogP contribution in [0.25, 0.3) is 10.9 Å². The number of amides is 1. The molecule has 1 N–H and O–H groups in total. The van der Waals surface area contributed by atoms with Crippen LogP contribution in [0.15, 0.2) is 29.2 Å². The first-order valence-corrected chi connectivity index (χ1v) is 7.77. The molecular formula is C17H18F2N2O3. The van der Waals surface area contributed by atoms with Crippen LogP contribution < -0.4 is 5.43 Å². The SMILES string of the molecule is Cc1ccc2c(=O)c(C(=O)N3CCC(COC(F)F)C3)c[nH]c2c1. The van der Waals surface area contributed by atoms with E-state index in [0.717, 1.165) is 5.56 Å². The van der Waals surface area contributed by atoms with Crippen molar-refractivity contribution in [2.24, 2.45) is 5.92 Å². The Morgan fingerprint density at radius 2 is 2.25 bits per heavy atom. The van der Waals surface area contributed by atoms with E-state index < -0.39 is 6.61 Å². The second kappa shape index (κ2) is 6.68. The van der Waals surface area contributed by atoms with Crippen molar-refractivity contribution >= 4 is 16.8 Å². The third kappa shape index (κ3) is 3.31. The monoisotopic (exact) mass is 336 g/mol. The molecule has 3 rings (SSSR count). The molecule has 1 fully saturated rings. The van der Waals surface area contributed by atoms with Crippen molar-refractivity contribution in [3.8, 4) is 0 Å². The lowest BCUT2D eigenvalue weighted by Crippen LogP contribution is -2.33. The molecule has 0 saturated carbocycles. The van der Waals surface area contributed by atoms with Gasteiger partial charge in [0.05, 0.1) is 6.61 Å². The number of H-pyrrole nitrogens is 1. The number of fused-ring (bicyclic) bond motifs is 1. The van der Waals surface area contributed by atoms with Gasteiger partial charge in [-0.2, -0.15) is 8.78 Å². The Morgan fingerprint density at radius 1 is 1.46 bits per heavy atom. The van der Waals surface area contributed by atoms with Gasteiger partial charge < -0.3 is 14.6 Å². The number of pyridine rings is 1. The van der Waals surface area contributed by atoms with Crippen LogP contribution in [0.4, 0.5) is 8.78 Å². The molecule has 1 saturated heterocycles. The van der Waals surface area contributed by atoms with Crippen molar-refractivity contribution in [2.75, 3.05) is 19.7 Å². The van der Waals surface area contributed by atoms with Crippen LogP contribution in [0.3, 0.4) is 0 Å². The Labute approximate surface area is 137 Å². The van der Waals surface area contributed by atoms with Crippen LogP contribution in [0.2, 0.25) is 0 Å². The van der Waals surface area contributed by atoms with Crippen LogP contribution in [0, 0.1) is 12.8 Å². The fourth-order valence-corrected chi connectivity index (χ4v) is 3.03. The maximum atomic E-state index is 12.6. The van der Waals surface area contributed by atoms with Gasteiger partial charge in [-0.1, -0.05) is 6.07 Å². The van der Waals surface area contributed by atoms with Gasteiger partial charge in [0, 0.05) is 36.1 Å². The highest BCUT2D eigenvalue weighted by atomic mass is 19.3. The Bertz CT molecular complexity index is 819. The molecule has 0 spiro atoms. The van der Waals surface area contributed by atoms with Crippen molar-refractivity contribution in [3.63, 3.8) is 0 Å². The van der Waals surface area contributed by atoms with Gasteiger partial charge in [0.15, 0.2) is 0 Å². The number of halogens is 2. The maximum absolute atomic E-state index is 12.6. The minimum Gasteiger partial charge on any atom is -0.360 e. The number of alkyl halides is 2. The molecule has 1 aromatic carbocycles. The maximum Gasteiger partial charge on any atom is 0.345 e. The van der Waals surface area contributed by atoms with E-state index in [9.17, 15) is 18.4 Å². The second-order valence-electron chi connectivity index (χ2n) is 6.08. The smallest absolute Gasteiger partial charge is 0.345 e. The van der Waals surface area contributed by atoms with Gasteiger partial charge in [0.25, 0.3) is 5.91 Å². The zero-order valence-corrected chi connectivity index (χ0v) is 13.2. The number of benzene rings is 1.